The first-order valence-corrected chi connectivity index (χ1v) is 10.3. The second-order valence-corrected chi connectivity index (χ2v) is 12.0. The molecular weight excluding hydrogens is 298 g/mol. The fourth-order valence-corrected chi connectivity index (χ4v) is 8.28. The first-order valence-electron chi connectivity index (χ1n) is 8.40. The maximum atomic E-state index is 6.90. The van der Waals surface area contributed by atoms with Gasteiger partial charge in [0.2, 0.25) is 0 Å². The number of hydrogen-bond donors (Lipinski definition) is 1. The van der Waals surface area contributed by atoms with E-state index in [1.165, 1.54) is 10.4 Å². The molecule has 122 valence electrons. The molecule has 0 aliphatic heterocycles. The fraction of sp³-hybridized carbons (Fsp3) is 0.400. The van der Waals surface area contributed by atoms with E-state index in [1.54, 1.807) is 0 Å². The van der Waals surface area contributed by atoms with Gasteiger partial charge in [-0.3, -0.25) is 0 Å². The van der Waals surface area contributed by atoms with E-state index in [0.29, 0.717) is 5.92 Å². The topological polar surface area (TPSA) is 35.2 Å². The lowest BCUT2D eigenvalue weighted by molar-refractivity contribution is 0.157. The lowest BCUT2D eigenvalue weighted by Gasteiger charge is -2.45. The molecule has 0 radical (unpaired) electrons. The van der Waals surface area contributed by atoms with Crippen LogP contribution in [0.5, 0.6) is 0 Å². The molecule has 1 fully saturated rings. The summed E-state index contributed by atoms with van der Waals surface area (Å²) in [5.74, 6) is 0.421. The molecule has 0 amide bonds. The molecule has 2 N–H and O–H groups in total. The minimum absolute atomic E-state index is 0.00954. The number of benzene rings is 2. The highest BCUT2D eigenvalue weighted by Crippen LogP contribution is 2.48. The Morgan fingerprint density at radius 3 is 1.65 bits per heavy atom. The second-order valence-electron chi connectivity index (χ2n) is 7.83. The molecule has 0 saturated heterocycles. The maximum Gasteiger partial charge on any atom is 0.263 e. The third-order valence-corrected chi connectivity index (χ3v) is 10.2. The van der Waals surface area contributed by atoms with Crippen LogP contribution < -0.4 is 16.1 Å². The molecule has 2 nitrogen and oxygen atoms in total. The molecule has 23 heavy (non-hydrogen) atoms. The van der Waals surface area contributed by atoms with E-state index in [0.717, 1.165) is 6.42 Å². The summed E-state index contributed by atoms with van der Waals surface area (Å²) in [6.07, 6.45) is 0.942. The Morgan fingerprint density at radius 1 is 0.957 bits per heavy atom. The number of nitrogens with two attached hydrogens (primary N) is 1. The SMILES string of the molecule is CC1CC1(N)O[Si](c1ccccc1)(c1ccccc1)C(C)(C)C. The molecule has 2 unspecified atom stereocenters. The lowest BCUT2D eigenvalue weighted by atomic mass is 10.2. The minimum Gasteiger partial charge on any atom is -0.390 e. The molecule has 0 aromatic heterocycles. The van der Waals surface area contributed by atoms with Crippen molar-refractivity contribution < 1.29 is 4.43 Å². The zero-order chi connectivity index (χ0) is 16.7. The van der Waals surface area contributed by atoms with Crippen molar-refractivity contribution in [2.24, 2.45) is 11.7 Å². The van der Waals surface area contributed by atoms with Gasteiger partial charge >= 0.3 is 0 Å². The van der Waals surface area contributed by atoms with Gasteiger partial charge in [-0.2, -0.15) is 0 Å². The molecule has 0 spiro atoms. The van der Waals surface area contributed by atoms with E-state index in [1.807, 2.05) is 0 Å². The first-order chi connectivity index (χ1) is 10.8. The molecule has 3 heteroatoms. The maximum absolute atomic E-state index is 6.90. The van der Waals surface area contributed by atoms with Crippen LogP contribution in [0.2, 0.25) is 5.04 Å². The van der Waals surface area contributed by atoms with Crippen LogP contribution in [-0.2, 0) is 4.43 Å². The predicted molar refractivity (Wildman–Crippen MR) is 99.4 cm³/mol. The van der Waals surface area contributed by atoms with Crippen molar-refractivity contribution in [2.45, 2.75) is 44.9 Å². The van der Waals surface area contributed by atoms with Crippen molar-refractivity contribution in [3.8, 4) is 0 Å². The van der Waals surface area contributed by atoms with Gasteiger partial charge in [0.05, 0.1) is 0 Å². The fourth-order valence-electron chi connectivity index (χ4n) is 3.50. The van der Waals surface area contributed by atoms with Gasteiger partial charge in [0.1, 0.15) is 5.72 Å². The molecule has 1 aliphatic carbocycles. The van der Waals surface area contributed by atoms with E-state index in [-0.39, 0.29) is 5.04 Å². The molecule has 1 aliphatic rings. The molecule has 2 aromatic carbocycles. The highest BCUT2D eigenvalue weighted by atomic mass is 28.4. The standard InChI is InChI=1S/C20H27NOSi/c1-16-15-20(16,21)22-23(19(2,3)4,17-11-7-5-8-12-17)18-13-9-6-10-14-18/h5-14,16H,15,21H2,1-4H3. The number of hydrogen-bond acceptors (Lipinski definition) is 2. The van der Waals surface area contributed by atoms with Crippen LogP contribution >= 0.6 is 0 Å². The summed E-state index contributed by atoms with van der Waals surface area (Å²) in [5, 5.41) is 2.58. The van der Waals surface area contributed by atoms with E-state index >= 15 is 0 Å². The average molecular weight is 326 g/mol. The summed E-state index contributed by atoms with van der Waals surface area (Å²) in [6, 6.07) is 21.4. The van der Waals surface area contributed by atoms with Gasteiger partial charge in [-0.25, -0.2) is 0 Å². The summed E-state index contributed by atoms with van der Waals surface area (Å²) in [7, 11) is -2.49. The summed E-state index contributed by atoms with van der Waals surface area (Å²) in [4.78, 5) is 0. The molecule has 1 saturated carbocycles. The van der Waals surface area contributed by atoms with Gasteiger partial charge in [0, 0.05) is 5.92 Å². The Morgan fingerprint density at radius 2 is 1.35 bits per heavy atom. The van der Waals surface area contributed by atoms with Crippen LogP contribution in [0.25, 0.3) is 0 Å². The Hall–Kier alpha value is -1.42. The molecule has 2 aromatic rings. The highest BCUT2D eigenvalue weighted by molar-refractivity contribution is 6.99. The summed E-state index contributed by atoms with van der Waals surface area (Å²) < 4.78 is 6.90. The van der Waals surface area contributed by atoms with Crippen LogP contribution in [0.1, 0.15) is 34.1 Å². The third-order valence-electron chi connectivity index (χ3n) is 5.06. The van der Waals surface area contributed by atoms with Crippen molar-refractivity contribution in [3.05, 3.63) is 60.7 Å². The van der Waals surface area contributed by atoms with E-state index in [2.05, 4.69) is 88.4 Å². The zero-order valence-electron chi connectivity index (χ0n) is 14.5. The highest BCUT2D eigenvalue weighted by Gasteiger charge is 2.60. The minimum atomic E-state index is -2.49. The van der Waals surface area contributed by atoms with Crippen molar-refractivity contribution in [3.63, 3.8) is 0 Å². The normalized spacial score (nSPS) is 24.5. The summed E-state index contributed by atoms with van der Waals surface area (Å²) in [6.45, 7) is 9.04. The molecule has 0 heterocycles. The van der Waals surface area contributed by atoms with Crippen LogP contribution in [0.15, 0.2) is 60.7 Å². The van der Waals surface area contributed by atoms with Crippen LogP contribution in [0.3, 0.4) is 0 Å². The zero-order valence-corrected chi connectivity index (χ0v) is 15.5. The lowest BCUT2D eigenvalue weighted by Crippen LogP contribution is -2.69. The van der Waals surface area contributed by atoms with E-state index < -0.39 is 14.0 Å². The predicted octanol–water partition coefficient (Wildman–Crippen LogP) is 3.26. The smallest absolute Gasteiger partial charge is 0.263 e. The van der Waals surface area contributed by atoms with Gasteiger partial charge in [-0.05, 0) is 21.8 Å². The van der Waals surface area contributed by atoms with Gasteiger partial charge in [-0.1, -0.05) is 88.4 Å². The van der Waals surface area contributed by atoms with Gasteiger partial charge in [0.25, 0.3) is 8.32 Å². The quantitative estimate of drug-likeness (QED) is 0.692. The average Bonchev–Trinajstić information content (AvgIpc) is 3.12. The molecular formula is C20H27NOSi. The molecule has 2 atom stereocenters. The largest absolute Gasteiger partial charge is 0.390 e. The van der Waals surface area contributed by atoms with Gasteiger partial charge < -0.3 is 10.2 Å². The van der Waals surface area contributed by atoms with Crippen molar-refractivity contribution in [2.75, 3.05) is 0 Å². The number of rotatable bonds is 4. The van der Waals surface area contributed by atoms with Gasteiger partial charge in [0.15, 0.2) is 0 Å². The van der Waals surface area contributed by atoms with Crippen LogP contribution in [0.4, 0.5) is 0 Å². The molecule has 0 bridgehead atoms. The van der Waals surface area contributed by atoms with Crippen LogP contribution in [-0.4, -0.2) is 14.0 Å². The molecule has 3 rings (SSSR count). The van der Waals surface area contributed by atoms with Crippen molar-refractivity contribution in [1.82, 2.24) is 0 Å². The third kappa shape index (κ3) is 2.78. The summed E-state index contributed by atoms with van der Waals surface area (Å²) in [5.41, 5.74) is 6.08. The van der Waals surface area contributed by atoms with Crippen molar-refractivity contribution in [1.29, 1.82) is 0 Å². The monoisotopic (exact) mass is 325 g/mol. The Balaban J connectivity index is 2.22. The Bertz CT molecular complexity index is 626. The Labute approximate surface area is 140 Å². The van der Waals surface area contributed by atoms with Crippen LogP contribution in [0, 0.1) is 5.92 Å². The van der Waals surface area contributed by atoms with Gasteiger partial charge in [-0.15, -0.1) is 0 Å². The van der Waals surface area contributed by atoms with Crippen molar-refractivity contribution >= 4 is 18.7 Å². The second kappa shape index (κ2) is 5.59. The Kier molecular flexibility index (Phi) is 3.99. The van der Waals surface area contributed by atoms with E-state index in [9.17, 15) is 0 Å². The summed E-state index contributed by atoms with van der Waals surface area (Å²) >= 11 is 0. The van der Waals surface area contributed by atoms with E-state index in [4.69, 9.17) is 10.2 Å². The first kappa shape index (κ1) is 16.4.